The Hall–Kier alpha value is -3.52. The maximum absolute atomic E-state index is 4.85. The molecule has 32 heavy (non-hydrogen) atoms. The third kappa shape index (κ3) is 2.59. The Morgan fingerprint density at radius 2 is 1.44 bits per heavy atom. The summed E-state index contributed by atoms with van der Waals surface area (Å²) in [5, 5.41) is 5.15. The van der Waals surface area contributed by atoms with Gasteiger partial charge in [-0.3, -0.25) is 0 Å². The molecule has 0 saturated carbocycles. The molecule has 1 aromatic heterocycles. The number of hydrogen-bond donors (Lipinski definition) is 0. The van der Waals surface area contributed by atoms with Gasteiger partial charge in [0.2, 0.25) is 0 Å². The van der Waals surface area contributed by atoms with Crippen molar-refractivity contribution in [3.8, 4) is 22.4 Å². The third-order valence-corrected chi connectivity index (χ3v) is 7.13. The second kappa shape index (κ2) is 6.49. The predicted molar refractivity (Wildman–Crippen MR) is 134 cm³/mol. The van der Waals surface area contributed by atoms with Crippen LogP contribution in [0.5, 0.6) is 0 Å². The number of fused-ring (bicyclic) bond motifs is 5. The molecule has 0 fully saturated rings. The molecule has 4 aromatic carbocycles. The average molecular weight is 415 g/mol. The standard InChI is InChI=1S/C30H26N2/c1-17-10-18(2)26-19(3)12-23(13-22(26)11-17)28-27-24-14-20-8-6-7-9-21(20)15-25(24)30(4,5)29(27)32-16-31-28/h6-16H,1-5H3. The molecule has 0 bridgehead atoms. The third-order valence-electron chi connectivity index (χ3n) is 7.13. The largest absolute Gasteiger partial charge is 0.240 e. The topological polar surface area (TPSA) is 25.8 Å². The minimum absolute atomic E-state index is 0.161. The van der Waals surface area contributed by atoms with E-state index >= 15 is 0 Å². The van der Waals surface area contributed by atoms with Crippen molar-refractivity contribution < 1.29 is 0 Å². The lowest BCUT2D eigenvalue weighted by Crippen LogP contribution is -2.17. The fourth-order valence-corrected chi connectivity index (χ4v) is 5.73. The molecule has 0 amide bonds. The molecule has 156 valence electrons. The fraction of sp³-hybridized carbons (Fsp3) is 0.200. The molecule has 6 rings (SSSR count). The van der Waals surface area contributed by atoms with E-state index in [1.54, 1.807) is 6.33 Å². The van der Waals surface area contributed by atoms with E-state index < -0.39 is 0 Å². The Bertz CT molecular complexity index is 1570. The number of hydrogen-bond acceptors (Lipinski definition) is 2. The highest BCUT2D eigenvalue weighted by atomic mass is 14.9. The van der Waals surface area contributed by atoms with Gasteiger partial charge >= 0.3 is 0 Å². The first-order valence-corrected chi connectivity index (χ1v) is 11.3. The van der Waals surface area contributed by atoms with E-state index in [9.17, 15) is 0 Å². The van der Waals surface area contributed by atoms with Crippen molar-refractivity contribution in [2.24, 2.45) is 0 Å². The summed E-state index contributed by atoms with van der Waals surface area (Å²) in [6, 6.07) is 22.4. The van der Waals surface area contributed by atoms with Crippen LogP contribution in [-0.2, 0) is 5.41 Å². The van der Waals surface area contributed by atoms with E-state index in [1.807, 2.05) is 0 Å². The van der Waals surface area contributed by atoms with Gasteiger partial charge in [-0.1, -0.05) is 55.8 Å². The fourth-order valence-electron chi connectivity index (χ4n) is 5.73. The zero-order valence-corrected chi connectivity index (χ0v) is 19.2. The molecule has 1 aliphatic rings. The zero-order chi connectivity index (χ0) is 22.2. The number of aromatic nitrogens is 2. The first-order valence-electron chi connectivity index (χ1n) is 11.3. The van der Waals surface area contributed by atoms with E-state index in [4.69, 9.17) is 9.97 Å². The molecule has 0 saturated heterocycles. The van der Waals surface area contributed by atoms with Crippen molar-refractivity contribution >= 4 is 21.5 Å². The van der Waals surface area contributed by atoms with Gasteiger partial charge in [0.25, 0.3) is 0 Å². The van der Waals surface area contributed by atoms with Gasteiger partial charge in [0.05, 0.1) is 11.4 Å². The number of nitrogens with zero attached hydrogens (tertiary/aromatic N) is 2. The van der Waals surface area contributed by atoms with Crippen molar-refractivity contribution in [1.82, 2.24) is 9.97 Å². The second-order valence-corrected chi connectivity index (χ2v) is 9.79. The minimum Gasteiger partial charge on any atom is -0.240 e. The van der Waals surface area contributed by atoms with Crippen LogP contribution in [0.25, 0.3) is 43.9 Å². The van der Waals surface area contributed by atoms with Crippen molar-refractivity contribution in [2.45, 2.75) is 40.0 Å². The van der Waals surface area contributed by atoms with Crippen LogP contribution in [-0.4, -0.2) is 9.97 Å². The van der Waals surface area contributed by atoms with Crippen molar-refractivity contribution in [1.29, 1.82) is 0 Å². The van der Waals surface area contributed by atoms with Crippen LogP contribution in [0, 0.1) is 20.8 Å². The Morgan fingerprint density at radius 3 is 2.22 bits per heavy atom. The van der Waals surface area contributed by atoms with Crippen LogP contribution in [0.3, 0.4) is 0 Å². The summed E-state index contributed by atoms with van der Waals surface area (Å²) in [7, 11) is 0. The summed E-state index contributed by atoms with van der Waals surface area (Å²) >= 11 is 0. The number of rotatable bonds is 1. The minimum atomic E-state index is -0.161. The van der Waals surface area contributed by atoms with Gasteiger partial charge in [-0.25, -0.2) is 9.97 Å². The maximum Gasteiger partial charge on any atom is 0.116 e. The molecule has 0 radical (unpaired) electrons. The van der Waals surface area contributed by atoms with E-state index in [0.29, 0.717) is 0 Å². The number of benzene rings is 4. The Kier molecular flexibility index (Phi) is 3.89. The summed E-state index contributed by atoms with van der Waals surface area (Å²) in [5.74, 6) is 0. The molecular formula is C30H26N2. The monoisotopic (exact) mass is 414 g/mol. The summed E-state index contributed by atoms with van der Waals surface area (Å²) in [4.78, 5) is 9.65. The molecule has 0 N–H and O–H groups in total. The van der Waals surface area contributed by atoms with E-state index in [-0.39, 0.29) is 5.41 Å². The van der Waals surface area contributed by atoms with Gasteiger partial charge in [-0.05, 0) is 88.8 Å². The summed E-state index contributed by atoms with van der Waals surface area (Å²) in [5.41, 5.74) is 10.8. The lowest BCUT2D eigenvalue weighted by molar-refractivity contribution is 0.635. The molecule has 0 spiro atoms. The molecule has 1 aliphatic carbocycles. The lowest BCUT2D eigenvalue weighted by Gasteiger charge is -2.20. The maximum atomic E-state index is 4.85. The van der Waals surface area contributed by atoms with Crippen LogP contribution >= 0.6 is 0 Å². The Balaban J connectivity index is 1.68. The first-order chi connectivity index (χ1) is 15.3. The zero-order valence-electron chi connectivity index (χ0n) is 19.2. The molecule has 0 atom stereocenters. The average Bonchev–Trinajstić information content (AvgIpc) is 2.98. The Labute approximate surface area is 189 Å². The van der Waals surface area contributed by atoms with Gasteiger partial charge in [0, 0.05) is 16.5 Å². The highest BCUT2D eigenvalue weighted by Gasteiger charge is 2.39. The SMILES string of the molecule is Cc1cc(C)c2c(C)cc(-c3ncnc4c3-c3cc5ccccc5cc3C4(C)C)cc2c1. The van der Waals surface area contributed by atoms with Crippen molar-refractivity contribution in [2.75, 3.05) is 0 Å². The van der Waals surface area contributed by atoms with Gasteiger partial charge in [0.15, 0.2) is 0 Å². The molecule has 0 unspecified atom stereocenters. The molecule has 5 aromatic rings. The highest BCUT2D eigenvalue weighted by Crippen LogP contribution is 2.51. The number of aryl methyl sites for hydroxylation is 3. The van der Waals surface area contributed by atoms with Crippen molar-refractivity contribution in [3.05, 3.63) is 94.9 Å². The van der Waals surface area contributed by atoms with Gasteiger partial charge in [-0.15, -0.1) is 0 Å². The van der Waals surface area contributed by atoms with Crippen LogP contribution in [0.1, 0.15) is 41.8 Å². The summed E-state index contributed by atoms with van der Waals surface area (Å²) in [6.45, 7) is 11.1. The van der Waals surface area contributed by atoms with Gasteiger partial charge in [0.1, 0.15) is 6.33 Å². The molecule has 2 nitrogen and oxygen atoms in total. The van der Waals surface area contributed by atoms with Crippen LogP contribution in [0.2, 0.25) is 0 Å². The van der Waals surface area contributed by atoms with Crippen LogP contribution in [0.4, 0.5) is 0 Å². The van der Waals surface area contributed by atoms with E-state index in [0.717, 1.165) is 17.0 Å². The molecule has 2 heteroatoms. The van der Waals surface area contributed by atoms with E-state index in [2.05, 4.69) is 95.3 Å². The van der Waals surface area contributed by atoms with Crippen LogP contribution < -0.4 is 0 Å². The smallest absolute Gasteiger partial charge is 0.116 e. The van der Waals surface area contributed by atoms with E-state index in [1.165, 1.54) is 54.9 Å². The first kappa shape index (κ1) is 19.2. The van der Waals surface area contributed by atoms with Gasteiger partial charge < -0.3 is 0 Å². The molecule has 1 heterocycles. The quantitative estimate of drug-likeness (QED) is 0.281. The van der Waals surface area contributed by atoms with Crippen LogP contribution in [0.15, 0.2) is 67.0 Å². The second-order valence-electron chi connectivity index (χ2n) is 9.79. The lowest BCUT2D eigenvalue weighted by atomic mass is 9.84. The van der Waals surface area contributed by atoms with Gasteiger partial charge in [-0.2, -0.15) is 0 Å². The molecule has 0 aliphatic heterocycles. The highest BCUT2D eigenvalue weighted by molar-refractivity contribution is 5.99. The van der Waals surface area contributed by atoms with Crippen molar-refractivity contribution in [3.63, 3.8) is 0 Å². The summed E-state index contributed by atoms with van der Waals surface area (Å²) < 4.78 is 0. The predicted octanol–water partition coefficient (Wildman–Crippen LogP) is 7.68. The Morgan fingerprint density at radius 1 is 0.719 bits per heavy atom. The normalized spacial score (nSPS) is 14.0. The summed E-state index contributed by atoms with van der Waals surface area (Å²) in [6.07, 6.45) is 1.74. The molecular weight excluding hydrogens is 388 g/mol.